The first-order valence-electron chi connectivity index (χ1n) is 12.7. The molecular formula is C30H25N7O2. The Balaban J connectivity index is 1.63. The third-order valence-corrected chi connectivity index (χ3v) is 6.85. The summed E-state index contributed by atoms with van der Waals surface area (Å²) < 4.78 is 6.85. The van der Waals surface area contributed by atoms with E-state index >= 15 is 0 Å². The van der Waals surface area contributed by atoms with Crippen LogP contribution in [0.2, 0.25) is 0 Å². The first-order chi connectivity index (χ1) is 19.2. The van der Waals surface area contributed by atoms with Crippen molar-refractivity contribution in [3.8, 4) is 34.2 Å². The van der Waals surface area contributed by atoms with Gasteiger partial charge in [0.1, 0.15) is 23.5 Å². The van der Waals surface area contributed by atoms with Gasteiger partial charge in [-0.15, -0.1) is 0 Å². The van der Waals surface area contributed by atoms with Crippen LogP contribution in [0.4, 0.5) is 11.6 Å². The molecule has 0 saturated heterocycles. The lowest BCUT2D eigenvalue weighted by Gasteiger charge is -2.15. The number of benzene rings is 2. The molecule has 6 rings (SSSR count). The van der Waals surface area contributed by atoms with Gasteiger partial charge in [0, 0.05) is 11.1 Å². The van der Waals surface area contributed by atoms with Crippen molar-refractivity contribution in [2.24, 2.45) is 0 Å². The van der Waals surface area contributed by atoms with E-state index in [1.165, 1.54) is 22.5 Å². The second-order valence-electron chi connectivity index (χ2n) is 9.25. The number of allylic oxidation sites excluding steroid dienone is 2. The quantitative estimate of drug-likeness (QED) is 0.296. The Labute approximate surface area is 224 Å². The molecule has 0 bridgehead atoms. The number of aromatic nitrogens is 5. The maximum atomic E-state index is 14.2. The number of H-pyrrole nitrogens is 1. The van der Waals surface area contributed by atoms with E-state index in [4.69, 9.17) is 15.0 Å². The fourth-order valence-electron chi connectivity index (χ4n) is 4.94. The Bertz CT molecular complexity index is 1780. The van der Waals surface area contributed by atoms with Gasteiger partial charge in [0.15, 0.2) is 11.3 Å². The average Bonchev–Trinajstić information content (AvgIpc) is 3.38. The van der Waals surface area contributed by atoms with Crippen LogP contribution in [0, 0.1) is 11.3 Å². The summed E-state index contributed by atoms with van der Waals surface area (Å²) in [6.07, 6.45) is 9.21. The average molecular weight is 516 g/mol. The fraction of sp³-hybridized carbons (Fsp3) is 0.167. The lowest BCUT2D eigenvalue weighted by molar-refractivity contribution is 0.415. The number of rotatable bonds is 6. The van der Waals surface area contributed by atoms with E-state index < -0.39 is 0 Å². The molecule has 192 valence electrons. The van der Waals surface area contributed by atoms with E-state index in [1.54, 1.807) is 19.2 Å². The number of hydrogen-bond acceptors (Lipinski definition) is 7. The molecule has 0 amide bonds. The Kier molecular flexibility index (Phi) is 6.35. The van der Waals surface area contributed by atoms with Crippen molar-refractivity contribution in [2.45, 2.75) is 25.7 Å². The van der Waals surface area contributed by atoms with Gasteiger partial charge in [-0.25, -0.2) is 15.0 Å². The van der Waals surface area contributed by atoms with Crippen molar-refractivity contribution >= 4 is 22.9 Å². The molecule has 1 aliphatic carbocycles. The maximum Gasteiger partial charge on any atom is 0.282 e. The first-order valence-corrected chi connectivity index (χ1v) is 12.7. The molecule has 5 aromatic rings. The minimum atomic E-state index is -0.255. The predicted molar refractivity (Wildman–Crippen MR) is 150 cm³/mol. The highest BCUT2D eigenvalue weighted by atomic mass is 16.5. The van der Waals surface area contributed by atoms with E-state index in [2.05, 4.69) is 26.5 Å². The van der Waals surface area contributed by atoms with Crippen molar-refractivity contribution in [3.05, 3.63) is 94.7 Å². The predicted octanol–water partition coefficient (Wildman–Crippen LogP) is 5.73. The molecule has 2 N–H and O–H groups in total. The first kappa shape index (κ1) is 24.1. The Morgan fingerprint density at radius 2 is 1.82 bits per heavy atom. The summed E-state index contributed by atoms with van der Waals surface area (Å²) in [6, 6.07) is 19.2. The molecular weight excluding hydrogens is 490 g/mol. The SMILES string of the molecule is COc1ccc(-c2c(Nc3cnc(C#N)cn3)nc3c(C4=CCCCC4)c(-c4ccccc4)[nH]n3c2=O)cc1. The topological polar surface area (TPSA) is 121 Å². The third-order valence-electron chi connectivity index (χ3n) is 6.85. The van der Waals surface area contributed by atoms with E-state index in [0.29, 0.717) is 34.2 Å². The van der Waals surface area contributed by atoms with Crippen LogP contribution in [0.3, 0.4) is 0 Å². The molecule has 2 aromatic carbocycles. The number of nitriles is 1. The van der Waals surface area contributed by atoms with Crippen molar-refractivity contribution < 1.29 is 4.74 Å². The molecule has 1 aliphatic rings. The summed E-state index contributed by atoms with van der Waals surface area (Å²) >= 11 is 0. The zero-order valence-corrected chi connectivity index (χ0v) is 21.3. The van der Waals surface area contributed by atoms with Crippen molar-refractivity contribution in [1.29, 1.82) is 5.26 Å². The summed E-state index contributed by atoms with van der Waals surface area (Å²) in [5.74, 6) is 1.40. The molecule has 0 atom stereocenters. The fourth-order valence-corrected chi connectivity index (χ4v) is 4.94. The zero-order chi connectivity index (χ0) is 26.8. The van der Waals surface area contributed by atoms with Crippen LogP contribution in [-0.4, -0.2) is 31.7 Å². The van der Waals surface area contributed by atoms with E-state index in [0.717, 1.165) is 42.5 Å². The lowest BCUT2D eigenvalue weighted by atomic mass is 9.92. The number of nitrogens with zero attached hydrogens (tertiary/aromatic N) is 5. The number of methoxy groups -OCH3 is 1. The monoisotopic (exact) mass is 515 g/mol. The van der Waals surface area contributed by atoms with Gasteiger partial charge >= 0.3 is 0 Å². The molecule has 0 unspecified atom stereocenters. The number of nitrogens with one attached hydrogen (secondary N) is 2. The van der Waals surface area contributed by atoms with Crippen molar-refractivity contribution in [1.82, 2.24) is 24.6 Å². The molecule has 0 aliphatic heterocycles. The zero-order valence-electron chi connectivity index (χ0n) is 21.3. The van der Waals surface area contributed by atoms with E-state index in [9.17, 15) is 4.79 Å². The summed E-state index contributed by atoms with van der Waals surface area (Å²) in [5, 5.41) is 15.7. The summed E-state index contributed by atoms with van der Waals surface area (Å²) in [4.78, 5) is 27.6. The smallest absolute Gasteiger partial charge is 0.282 e. The van der Waals surface area contributed by atoms with Crippen LogP contribution in [0.15, 0.2) is 77.9 Å². The van der Waals surface area contributed by atoms with Gasteiger partial charge in [0.2, 0.25) is 0 Å². The molecule has 0 fully saturated rings. The molecule has 0 radical (unpaired) electrons. The molecule has 9 heteroatoms. The van der Waals surface area contributed by atoms with Crippen LogP contribution in [0.1, 0.15) is 36.9 Å². The number of ether oxygens (including phenoxy) is 1. The lowest BCUT2D eigenvalue weighted by Crippen LogP contribution is -2.20. The van der Waals surface area contributed by atoms with Crippen LogP contribution in [-0.2, 0) is 0 Å². The Morgan fingerprint density at radius 1 is 1.00 bits per heavy atom. The largest absolute Gasteiger partial charge is 0.497 e. The molecule has 9 nitrogen and oxygen atoms in total. The van der Waals surface area contributed by atoms with Crippen molar-refractivity contribution in [2.75, 3.05) is 12.4 Å². The standard InChI is InChI=1S/C30H25N7O2/c1-39-23-14-12-20(13-15-23)26-28(34-24-18-32-22(16-31)17-33-24)35-29-25(19-8-4-2-5-9-19)27(36-37(29)30(26)38)21-10-6-3-7-11-21/h3,6-8,10-15,17-18,36H,2,4-5,9H2,1H3,(H,33,34). The van der Waals surface area contributed by atoms with Gasteiger partial charge in [-0.1, -0.05) is 48.5 Å². The highest BCUT2D eigenvalue weighted by molar-refractivity contribution is 5.89. The molecule has 0 saturated carbocycles. The van der Waals surface area contributed by atoms with Gasteiger partial charge in [-0.05, 0) is 49.0 Å². The molecule has 3 aromatic heterocycles. The van der Waals surface area contributed by atoms with Crippen LogP contribution >= 0.6 is 0 Å². The van der Waals surface area contributed by atoms with E-state index in [-0.39, 0.29) is 11.3 Å². The number of anilines is 2. The van der Waals surface area contributed by atoms with Gasteiger partial charge in [0.25, 0.3) is 5.56 Å². The minimum Gasteiger partial charge on any atom is -0.497 e. The second kappa shape index (κ2) is 10.3. The van der Waals surface area contributed by atoms with Crippen LogP contribution < -0.4 is 15.6 Å². The molecule has 0 spiro atoms. The highest BCUT2D eigenvalue weighted by Crippen LogP contribution is 2.37. The second-order valence-corrected chi connectivity index (χ2v) is 9.25. The number of hydrogen-bond donors (Lipinski definition) is 2. The Morgan fingerprint density at radius 3 is 2.49 bits per heavy atom. The normalized spacial score (nSPS) is 13.1. The van der Waals surface area contributed by atoms with Gasteiger partial charge in [0.05, 0.1) is 30.8 Å². The highest BCUT2D eigenvalue weighted by Gasteiger charge is 2.24. The Hall–Kier alpha value is -5.23. The molecule has 39 heavy (non-hydrogen) atoms. The van der Waals surface area contributed by atoms with Crippen molar-refractivity contribution in [3.63, 3.8) is 0 Å². The van der Waals surface area contributed by atoms with E-state index in [1.807, 2.05) is 48.5 Å². The maximum absolute atomic E-state index is 14.2. The number of aromatic amines is 1. The van der Waals surface area contributed by atoms with Crippen LogP contribution in [0.25, 0.3) is 33.6 Å². The molecule has 3 heterocycles. The minimum absolute atomic E-state index is 0.198. The van der Waals surface area contributed by atoms with Gasteiger partial charge < -0.3 is 10.1 Å². The summed E-state index contributed by atoms with van der Waals surface area (Å²) in [5.41, 5.74) is 5.44. The summed E-state index contributed by atoms with van der Waals surface area (Å²) in [7, 11) is 1.60. The summed E-state index contributed by atoms with van der Waals surface area (Å²) in [6.45, 7) is 0. The van der Waals surface area contributed by atoms with Gasteiger partial charge in [-0.2, -0.15) is 9.78 Å². The van der Waals surface area contributed by atoms with Gasteiger partial charge in [-0.3, -0.25) is 9.89 Å². The number of fused-ring (bicyclic) bond motifs is 1. The van der Waals surface area contributed by atoms with Crippen LogP contribution in [0.5, 0.6) is 5.75 Å². The third kappa shape index (κ3) is 4.53.